The molecule has 0 atom stereocenters. The first-order chi connectivity index (χ1) is 8.67. The lowest BCUT2D eigenvalue weighted by molar-refractivity contribution is -0.131. The Hall–Kier alpha value is -2.29. The lowest BCUT2D eigenvalue weighted by Gasteiger charge is -2.07. The van der Waals surface area contributed by atoms with Gasteiger partial charge in [-0.2, -0.15) is 0 Å². The van der Waals surface area contributed by atoms with E-state index < -0.39 is 5.97 Å². The van der Waals surface area contributed by atoms with Crippen LogP contribution in [0, 0.1) is 0 Å². The number of methoxy groups -OCH3 is 1. The number of carbonyl (C=O) groups is 1. The molecule has 0 saturated carbocycles. The third kappa shape index (κ3) is 4.29. The van der Waals surface area contributed by atoms with Gasteiger partial charge in [0.2, 0.25) is 0 Å². The lowest BCUT2D eigenvalue weighted by atomic mass is 10.1. The first kappa shape index (κ1) is 13.8. The van der Waals surface area contributed by atoms with E-state index in [2.05, 4.69) is 0 Å². The molecule has 0 fully saturated rings. The van der Waals surface area contributed by atoms with Crippen molar-refractivity contribution in [2.45, 2.75) is 6.92 Å². The highest BCUT2D eigenvalue weighted by molar-refractivity contribution is 5.80. The number of carboxylic acid groups (broad SMARTS) is 1. The molecule has 0 radical (unpaired) electrons. The quantitative estimate of drug-likeness (QED) is 0.491. The van der Waals surface area contributed by atoms with Crippen LogP contribution in [0.25, 0.3) is 6.08 Å². The second-order valence-electron chi connectivity index (χ2n) is 3.54. The molecule has 94 valence electrons. The number of ether oxygens (including phenoxy) is 1. The van der Waals surface area contributed by atoms with Gasteiger partial charge in [0.05, 0.1) is 7.11 Å². The highest BCUT2D eigenvalue weighted by Crippen LogP contribution is 2.16. The zero-order chi connectivity index (χ0) is 13.4. The van der Waals surface area contributed by atoms with Gasteiger partial charge in [-0.05, 0) is 24.6 Å². The van der Waals surface area contributed by atoms with Crippen LogP contribution in [0.3, 0.4) is 0 Å². The summed E-state index contributed by atoms with van der Waals surface area (Å²) < 4.78 is 5.29. The minimum Gasteiger partial charge on any atom is -0.496 e. The summed E-state index contributed by atoms with van der Waals surface area (Å²) in [6, 6.07) is 9.70. The molecule has 0 amide bonds. The zero-order valence-electron chi connectivity index (χ0n) is 10.5. The third-order valence-electron chi connectivity index (χ3n) is 2.32. The van der Waals surface area contributed by atoms with E-state index in [-0.39, 0.29) is 0 Å². The molecule has 0 heterocycles. The van der Waals surface area contributed by atoms with Crippen molar-refractivity contribution in [3.63, 3.8) is 0 Å². The van der Waals surface area contributed by atoms with E-state index in [4.69, 9.17) is 9.84 Å². The van der Waals surface area contributed by atoms with E-state index in [0.717, 1.165) is 17.2 Å². The Morgan fingerprint density at radius 1 is 1.22 bits per heavy atom. The first-order valence-electron chi connectivity index (χ1n) is 5.55. The number of carboxylic acids is 1. The molecular weight excluding hydrogens is 228 g/mol. The fraction of sp³-hybridized carbons (Fsp3) is 0.133. The Balaban J connectivity index is 3.01. The Bertz CT molecular complexity index is 482. The summed E-state index contributed by atoms with van der Waals surface area (Å²) in [6.45, 7) is 1.83. The van der Waals surface area contributed by atoms with E-state index in [1.54, 1.807) is 13.2 Å². The topological polar surface area (TPSA) is 46.5 Å². The first-order valence-corrected chi connectivity index (χ1v) is 5.55. The highest BCUT2D eigenvalue weighted by atomic mass is 16.5. The van der Waals surface area contributed by atoms with Gasteiger partial charge in [-0.1, -0.05) is 36.4 Å². The standard InChI is InChI=1S/C15H16O3/c1-3-13(9-10-15(16)17)14(18-2)11-12-7-5-4-6-8-12/h3-11H,1-2H3,(H,16,17)/b10-9+,13-3-,14-11+. The molecule has 0 bridgehead atoms. The highest BCUT2D eigenvalue weighted by Gasteiger charge is 2.02. The summed E-state index contributed by atoms with van der Waals surface area (Å²) in [5.41, 5.74) is 1.72. The molecule has 1 rings (SSSR count). The second kappa shape index (κ2) is 7.12. The van der Waals surface area contributed by atoms with Crippen molar-refractivity contribution in [1.29, 1.82) is 0 Å². The molecule has 0 saturated heterocycles. The largest absolute Gasteiger partial charge is 0.496 e. The lowest BCUT2D eigenvalue weighted by Crippen LogP contribution is -1.93. The maximum atomic E-state index is 10.5. The van der Waals surface area contributed by atoms with Crippen LogP contribution in [0.15, 0.2) is 59.9 Å². The molecule has 1 aromatic rings. The predicted molar refractivity (Wildman–Crippen MR) is 72.0 cm³/mol. The molecule has 3 nitrogen and oxygen atoms in total. The summed E-state index contributed by atoms with van der Waals surface area (Å²) >= 11 is 0. The number of benzene rings is 1. The van der Waals surface area contributed by atoms with Gasteiger partial charge in [-0.15, -0.1) is 0 Å². The van der Waals surface area contributed by atoms with Crippen molar-refractivity contribution in [2.75, 3.05) is 7.11 Å². The summed E-state index contributed by atoms with van der Waals surface area (Å²) in [5.74, 6) is -0.356. The van der Waals surface area contributed by atoms with Crippen LogP contribution >= 0.6 is 0 Å². The van der Waals surface area contributed by atoms with Crippen molar-refractivity contribution < 1.29 is 14.6 Å². The summed E-state index contributed by atoms with van der Waals surface area (Å²) in [6.07, 6.45) is 6.27. The fourth-order valence-electron chi connectivity index (χ4n) is 1.44. The van der Waals surface area contributed by atoms with Crippen LogP contribution in [0.1, 0.15) is 12.5 Å². The van der Waals surface area contributed by atoms with Gasteiger partial charge in [0.15, 0.2) is 0 Å². The normalized spacial score (nSPS) is 12.8. The van der Waals surface area contributed by atoms with E-state index in [1.807, 2.05) is 43.3 Å². The number of hydrogen-bond donors (Lipinski definition) is 1. The molecule has 0 unspecified atom stereocenters. The number of aliphatic carboxylic acids is 1. The van der Waals surface area contributed by atoms with Gasteiger partial charge in [-0.25, -0.2) is 4.79 Å². The molecule has 1 N–H and O–H groups in total. The predicted octanol–water partition coefficient (Wildman–Crippen LogP) is 3.26. The molecule has 3 heteroatoms. The van der Waals surface area contributed by atoms with Crippen LogP contribution in [0.4, 0.5) is 0 Å². The van der Waals surface area contributed by atoms with Crippen LogP contribution in [-0.2, 0) is 9.53 Å². The van der Waals surface area contributed by atoms with Crippen molar-refractivity contribution in [3.8, 4) is 0 Å². The van der Waals surface area contributed by atoms with Crippen molar-refractivity contribution in [1.82, 2.24) is 0 Å². The monoisotopic (exact) mass is 244 g/mol. The number of allylic oxidation sites excluding steroid dienone is 2. The molecule has 0 spiro atoms. The van der Waals surface area contributed by atoms with E-state index in [0.29, 0.717) is 5.76 Å². The smallest absolute Gasteiger partial charge is 0.328 e. The van der Waals surface area contributed by atoms with Crippen molar-refractivity contribution >= 4 is 12.0 Å². The average Bonchev–Trinajstić information content (AvgIpc) is 2.38. The number of rotatable bonds is 5. The maximum absolute atomic E-state index is 10.5. The van der Waals surface area contributed by atoms with Crippen molar-refractivity contribution in [2.24, 2.45) is 0 Å². The Morgan fingerprint density at radius 2 is 1.89 bits per heavy atom. The summed E-state index contributed by atoms with van der Waals surface area (Å²) in [5, 5.41) is 8.63. The van der Waals surface area contributed by atoms with Gasteiger partial charge in [-0.3, -0.25) is 0 Å². The van der Waals surface area contributed by atoms with E-state index >= 15 is 0 Å². The Morgan fingerprint density at radius 3 is 2.39 bits per heavy atom. The molecule has 1 aromatic carbocycles. The SMILES string of the molecule is C/C=C(/C=C/C(=O)O)C(=C/c1ccccc1)\OC. The second-order valence-corrected chi connectivity index (χ2v) is 3.54. The Labute approximate surface area is 107 Å². The fourth-order valence-corrected chi connectivity index (χ4v) is 1.44. The van der Waals surface area contributed by atoms with Gasteiger partial charge in [0, 0.05) is 11.6 Å². The molecule has 0 aliphatic rings. The summed E-state index contributed by atoms with van der Waals surface area (Å²) in [7, 11) is 1.56. The average molecular weight is 244 g/mol. The zero-order valence-corrected chi connectivity index (χ0v) is 10.5. The third-order valence-corrected chi connectivity index (χ3v) is 2.32. The molecule has 0 aromatic heterocycles. The molecule has 18 heavy (non-hydrogen) atoms. The molecule has 0 aliphatic carbocycles. The van der Waals surface area contributed by atoms with E-state index in [9.17, 15) is 4.79 Å². The Kier molecular flexibility index (Phi) is 5.45. The number of hydrogen-bond acceptors (Lipinski definition) is 2. The van der Waals surface area contributed by atoms with Gasteiger partial charge in [0.1, 0.15) is 5.76 Å². The maximum Gasteiger partial charge on any atom is 0.328 e. The van der Waals surface area contributed by atoms with Crippen LogP contribution in [-0.4, -0.2) is 18.2 Å². The van der Waals surface area contributed by atoms with Crippen LogP contribution in [0.2, 0.25) is 0 Å². The van der Waals surface area contributed by atoms with Crippen LogP contribution in [0.5, 0.6) is 0 Å². The molecule has 0 aliphatic heterocycles. The molecular formula is C15H16O3. The van der Waals surface area contributed by atoms with Gasteiger partial charge < -0.3 is 9.84 Å². The van der Waals surface area contributed by atoms with E-state index in [1.165, 1.54) is 6.08 Å². The van der Waals surface area contributed by atoms with Gasteiger partial charge in [0.25, 0.3) is 0 Å². The van der Waals surface area contributed by atoms with Crippen molar-refractivity contribution in [3.05, 3.63) is 65.5 Å². The van der Waals surface area contributed by atoms with Gasteiger partial charge >= 0.3 is 5.97 Å². The minimum absolute atomic E-state index is 0.626. The minimum atomic E-state index is -0.982. The summed E-state index contributed by atoms with van der Waals surface area (Å²) in [4.78, 5) is 10.5. The van der Waals surface area contributed by atoms with Crippen LogP contribution < -0.4 is 0 Å².